The Morgan fingerprint density at radius 3 is 2.71 bits per heavy atom. The molecular weight excluding hydrogens is 210 g/mol. The summed E-state index contributed by atoms with van der Waals surface area (Å²) in [5.41, 5.74) is 8.68. The van der Waals surface area contributed by atoms with E-state index in [4.69, 9.17) is 10.5 Å². The molecule has 1 aliphatic rings. The highest BCUT2D eigenvalue weighted by molar-refractivity contribution is 5.36. The molecule has 94 valence electrons. The molecule has 1 aromatic carbocycles. The highest BCUT2D eigenvalue weighted by Crippen LogP contribution is 2.45. The minimum Gasteiger partial charge on any atom is -0.489 e. The van der Waals surface area contributed by atoms with E-state index in [1.807, 2.05) is 0 Å². The number of aryl methyl sites for hydroxylation is 2. The maximum absolute atomic E-state index is 6.16. The number of ether oxygens (including phenoxy) is 1. The quantitative estimate of drug-likeness (QED) is 0.870. The summed E-state index contributed by atoms with van der Waals surface area (Å²) >= 11 is 0. The molecule has 1 saturated carbocycles. The van der Waals surface area contributed by atoms with Crippen molar-refractivity contribution in [3.8, 4) is 5.75 Å². The van der Waals surface area contributed by atoms with Crippen LogP contribution in [0.2, 0.25) is 0 Å². The molecule has 2 heteroatoms. The van der Waals surface area contributed by atoms with Crippen LogP contribution in [0.4, 0.5) is 0 Å². The maximum Gasteiger partial charge on any atom is 0.122 e. The largest absolute Gasteiger partial charge is 0.489 e. The van der Waals surface area contributed by atoms with Crippen LogP contribution in [0.3, 0.4) is 0 Å². The molecule has 2 N–H and O–H groups in total. The Bertz CT molecular complexity index is 415. The molecule has 2 nitrogen and oxygen atoms in total. The topological polar surface area (TPSA) is 35.2 Å². The molecule has 0 spiro atoms. The molecule has 0 aliphatic heterocycles. The van der Waals surface area contributed by atoms with Crippen LogP contribution in [0.5, 0.6) is 5.75 Å². The van der Waals surface area contributed by atoms with Crippen molar-refractivity contribution in [1.82, 2.24) is 0 Å². The summed E-state index contributed by atoms with van der Waals surface area (Å²) in [6, 6.07) is 6.64. The molecule has 0 saturated heterocycles. The van der Waals surface area contributed by atoms with Crippen molar-refractivity contribution >= 4 is 0 Å². The molecule has 1 aliphatic carbocycles. The lowest BCUT2D eigenvalue weighted by atomic mass is 9.62. The molecule has 2 rings (SSSR count). The predicted octanol–water partition coefficient (Wildman–Crippen LogP) is 3.20. The Morgan fingerprint density at radius 2 is 2.12 bits per heavy atom. The van der Waals surface area contributed by atoms with Crippen LogP contribution < -0.4 is 10.5 Å². The first-order chi connectivity index (χ1) is 7.97. The molecule has 0 heterocycles. The van der Waals surface area contributed by atoms with Gasteiger partial charge in [0.25, 0.3) is 0 Å². The second kappa shape index (κ2) is 4.34. The fourth-order valence-corrected chi connectivity index (χ4v) is 2.51. The second-order valence-corrected chi connectivity index (χ2v) is 5.58. The summed E-state index contributed by atoms with van der Waals surface area (Å²) in [6.07, 6.45) is 2.31. The third-order valence-electron chi connectivity index (χ3n) is 4.43. The van der Waals surface area contributed by atoms with Gasteiger partial charge in [0.15, 0.2) is 0 Å². The van der Waals surface area contributed by atoms with Crippen LogP contribution in [0.15, 0.2) is 18.2 Å². The SMILES string of the molecule is CCC1(C)C(N)CC1Oc1cc(C)ccc1C. The average molecular weight is 233 g/mol. The van der Waals surface area contributed by atoms with Crippen molar-refractivity contribution in [1.29, 1.82) is 0 Å². The molecule has 0 aromatic heterocycles. The van der Waals surface area contributed by atoms with Gasteiger partial charge < -0.3 is 10.5 Å². The number of hydrogen-bond donors (Lipinski definition) is 1. The van der Waals surface area contributed by atoms with Gasteiger partial charge in [-0.3, -0.25) is 0 Å². The van der Waals surface area contributed by atoms with Gasteiger partial charge in [-0.2, -0.15) is 0 Å². The number of benzene rings is 1. The van der Waals surface area contributed by atoms with Gasteiger partial charge in [-0.25, -0.2) is 0 Å². The fraction of sp³-hybridized carbons (Fsp3) is 0.600. The van der Waals surface area contributed by atoms with Crippen LogP contribution in [0, 0.1) is 19.3 Å². The van der Waals surface area contributed by atoms with Crippen molar-refractivity contribution in [3.05, 3.63) is 29.3 Å². The first-order valence-electron chi connectivity index (χ1n) is 6.47. The Balaban J connectivity index is 2.14. The highest BCUT2D eigenvalue weighted by Gasteiger charge is 2.50. The zero-order valence-corrected chi connectivity index (χ0v) is 11.3. The first-order valence-corrected chi connectivity index (χ1v) is 6.47. The highest BCUT2D eigenvalue weighted by atomic mass is 16.5. The van der Waals surface area contributed by atoms with Crippen molar-refractivity contribution < 1.29 is 4.74 Å². The summed E-state index contributed by atoms with van der Waals surface area (Å²) in [7, 11) is 0. The Morgan fingerprint density at radius 1 is 1.41 bits per heavy atom. The Kier molecular flexibility index (Phi) is 3.17. The zero-order chi connectivity index (χ0) is 12.6. The van der Waals surface area contributed by atoms with Crippen molar-refractivity contribution in [2.45, 2.75) is 52.7 Å². The first kappa shape index (κ1) is 12.4. The van der Waals surface area contributed by atoms with Crippen LogP contribution in [-0.2, 0) is 0 Å². The molecular formula is C15H23NO. The van der Waals surface area contributed by atoms with Crippen molar-refractivity contribution in [2.75, 3.05) is 0 Å². The third-order valence-corrected chi connectivity index (χ3v) is 4.43. The van der Waals surface area contributed by atoms with E-state index < -0.39 is 0 Å². The summed E-state index contributed by atoms with van der Waals surface area (Å²) in [6.45, 7) is 8.62. The lowest BCUT2D eigenvalue weighted by Gasteiger charge is -2.51. The van der Waals surface area contributed by atoms with E-state index >= 15 is 0 Å². The van der Waals surface area contributed by atoms with Gasteiger partial charge >= 0.3 is 0 Å². The lowest BCUT2D eigenvalue weighted by Crippen LogP contribution is -2.61. The molecule has 0 bridgehead atoms. The molecule has 3 atom stereocenters. The molecule has 1 fully saturated rings. The Hall–Kier alpha value is -1.02. The number of rotatable bonds is 3. The second-order valence-electron chi connectivity index (χ2n) is 5.58. The monoisotopic (exact) mass is 233 g/mol. The Labute approximate surface area is 104 Å². The summed E-state index contributed by atoms with van der Waals surface area (Å²) < 4.78 is 6.16. The van der Waals surface area contributed by atoms with Crippen LogP contribution in [-0.4, -0.2) is 12.1 Å². The van der Waals surface area contributed by atoms with E-state index in [0.29, 0.717) is 0 Å². The predicted molar refractivity (Wildman–Crippen MR) is 71.3 cm³/mol. The maximum atomic E-state index is 6.16. The van der Waals surface area contributed by atoms with Gasteiger partial charge in [-0.05, 0) is 37.5 Å². The van der Waals surface area contributed by atoms with E-state index in [9.17, 15) is 0 Å². The van der Waals surface area contributed by atoms with Gasteiger partial charge in [0.05, 0.1) is 0 Å². The standard InChI is InChI=1S/C15H23NO/c1-5-15(4)13(16)9-14(15)17-12-8-10(2)6-7-11(12)3/h6-8,13-14H,5,9,16H2,1-4H3. The lowest BCUT2D eigenvalue weighted by molar-refractivity contribution is -0.0563. The van der Waals surface area contributed by atoms with E-state index in [0.717, 1.165) is 18.6 Å². The molecule has 0 amide bonds. The van der Waals surface area contributed by atoms with Crippen LogP contribution >= 0.6 is 0 Å². The minimum atomic E-state index is 0.135. The third kappa shape index (κ3) is 2.06. The van der Waals surface area contributed by atoms with E-state index in [1.54, 1.807) is 0 Å². The normalized spacial score (nSPS) is 32.1. The van der Waals surface area contributed by atoms with Gasteiger partial charge in [0.2, 0.25) is 0 Å². The van der Waals surface area contributed by atoms with Crippen LogP contribution in [0.1, 0.15) is 37.8 Å². The van der Waals surface area contributed by atoms with Crippen molar-refractivity contribution in [3.63, 3.8) is 0 Å². The van der Waals surface area contributed by atoms with Crippen molar-refractivity contribution in [2.24, 2.45) is 11.1 Å². The number of nitrogens with two attached hydrogens (primary N) is 1. The summed E-state index contributed by atoms with van der Waals surface area (Å²) in [5.74, 6) is 1.02. The molecule has 17 heavy (non-hydrogen) atoms. The number of hydrogen-bond acceptors (Lipinski definition) is 2. The van der Waals surface area contributed by atoms with E-state index in [-0.39, 0.29) is 17.6 Å². The van der Waals surface area contributed by atoms with Gasteiger partial charge in [-0.1, -0.05) is 26.0 Å². The summed E-state index contributed by atoms with van der Waals surface area (Å²) in [5, 5.41) is 0. The molecule has 0 radical (unpaired) electrons. The molecule has 1 aromatic rings. The molecule has 3 unspecified atom stereocenters. The van der Waals surface area contributed by atoms with E-state index in [1.165, 1.54) is 11.1 Å². The van der Waals surface area contributed by atoms with E-state index in [2.05, 4.69) is 45.9 Å². The minimum absolute atomic E-state index is 0.135. The van der Waals surface area contributed by atoms with Gasteiger partial charge in [-0.15, -0.1) is 0 Å². The average Bonchev–Trinajstić information content (AvgIpc) is 2.32. The van der Waals surface area contributed by atoms with Gasteiger partial charge in [0, 0.05) is 17.9 Å². The smallest absolute Gasteiger partial charge is 0.122 e. The fourth-order valence-electron chi connectivity index (χ4n) is 2.51. The summed E-state index contributed by atoms with van der Waals surface area (Å²) in [4.78, 5) is 0. The van der Waals surface area contributed by atoms with Gasteiger partial charge in [0.1, 0.15) is 11.9 Å². The van der Waals surface area contributed by atoms with Crippen LogP contribution in [0.25, 0.3) is 0 Å². The zero-order valence-electron chi connectivity index (χ0n) is 11.3.